The van der Waals surface area contributed by atoms with E-state index in [1.165, 1.54) is 22.2 Å². The molecule has 0 spiro atoms. The van der Waals surface area contributed by atoms with Gasteiger partial charge in [0.1, 0.15) is 22.4 Å². The molecular weight excluding hydrogens is 357 g/mol. The number of hydrogen-bond donors (Lipinski definition) is 0. The molecular formula is C15H7Cl2N3O2S. The van der Waals surface area contributed by atoms with Crippen LogP contribution in [0.5, 0.6) is 0 Å². The van der Waals surface area contributed by atoms with Crippen molar-refractivity contribution in [1.29, 1.82) is 0 Å². The third-order valence-corrected chi connectivity index (χ3v) is 4.94. The smallest absolute Gasteiger partial charge is 0.291 e. The third-order valence-electron chi connectivity index (χ3n) is 3.23. The highest BCUT2D eigenvalue weighted by molar-refractivity contribution is 7.15. The zero-order chi connectivity index (χ0) is 16.0. The summed E-state index contributed by atoms with van der Waals surface area (Å²) >= 11 is 13.2. The van der Waals surface area contributed by atoms with Gasteiger partial charge in [-0.25, -0.2) is 4.98 Å². The van der Waals surface area contributed by atoms with E-state index < -0.39 is 0 Å². The fraction of sp³-hybridized carbons (Fsp3) is 0. The molecule has 8 heteroatoms. The number of hydrogen-bond acceptors (Lipinski definition) is 5. The average Bonchev–Trinajstić information content (AvgIpc) is 3.23. The molecule has 0 saturated heterocycles. The van der Waals surface area contributed by atoms with Crippen molar-refractivity contribution in [2.45, 2.75) is 0 Å². The summed E-state index contributed by atoms with van der Waals surface area (Å²) in [5, 5.41) is 4.82. The summed E-state index contributed by atoms with van der Waals surface area (Å²) in [6.07, 6.45) is 3.02. The van der Waals surface area contributed by atoms with Crippen LogP contribution in [0.2, 0.25) is 10.0 Å². The van der Waals surface area contributed by atoms with Crippen LogP contribution in [-0.2, 0) is 0 Å². The Hall–Kier alpha value is -2.15. The highest BCUT2D eigenvalue weighted by Crippen LogP contribution is 2.29. The number of rotatable bonds is 2. The van der Waals surface area contributed by atoms with Crippen molar-refractivity contribution in [1.82, 2.24) is 14.6 Å². The van der Waals surface area contributed by atoms with E-state index in [-0.39, 0.29) is 5.56 Å². The van der Waals surface area contributed by atoms with Crippen LogP contribution in [0.15, 0.2) is 45.9 Å². The zero-order valence-corrected chi connectivity index (χ0v) is 13.7. The average molecular weight is 364 g/mol. The fourth-order valence-corrected chi connectivity index (χ4v) is 3.30. The van der Waals surface area contributed by atoms with Crippen LogP contribution in [0.3, 0.4) is 0 Å². The molecule has 0 fully saturated rings. The Labute approximate surface area is 143 Å². The van der Waals surface area contributed by atoms with Gasteiger partial charge in [0.25, 0.3) is 5.56 Å². The minimum atomic E-state index is -0.213. The first-order chi connectivity index (χ1) is 11.1. The molecule has 4 rings (SSSR count). The number of nitrogens with zero attached hydrogens (tertiary/aromatic N) is 3. The minimum Gasteiger partial charge on any atom is -0.457 e. The van der Waals surface area contributed by atoms with E-state index in [4.69, 9.17) is 27.6 Å². The molecule has 4 aromatic rings. The van der Waals surface area contributed by atoms with Gasteiger partial charge in [-0.05, 0) is 30.3 Å². The summed E-state index contributed by atoms with van der Waals surface area (Å²) in [5.74, 6) is 1.20. The summed E-state index contributed by atoms with van der Waals surface area (Å²) in [7, 11) is 0. The molecule has 0 aliphatic rings. The lowest BCUT2D eigenvalue weighted by Gasteiger charge is -1.99. The van der Waals surface area contributed by atoms with Crippen LogP contribution < -0.4 is 10.1 Å². The van der Waals surface area contributed by atoms with Crippen LogP contribution in [0.25, 0.3) is 22.4 Å². The van der Waals surface area contributed by atoms with E-state index in [0.717, 1.165) is 5.56 Å². The van der Waals surface area contributed by atoms with Gasteiger partial charge in [-0.1, -0.05) is 34.5 Å². The number of fused-ring (bicyclic) bond motifs is 1. The highest BCUT2D eigenvalue weighted by atomic mass is 35.5. The maximum Gasteiger partial charge on any atom is 0.291 e. The first kappa shape index (κ1) is 14.4. The van der Waals surface area contributed by atoms with E-state index in [9.17, 15) is 4.79 Å². The number of halogens is 2. The van der Waals surface area contributed by atoms with Crippen molar-refractivity contribution >= 4 is 45.6 Å². The second-order valence-electron chi connectivity index (χ2n) is 4.70. The van der Waals surface area contributed by atoms with Gasteiger partial charge in [-0.2, -0.15) is 9.61 Å². The standard InChI is InChI=1S/C15H7Cl2N3O2S/c16-10-3-1-8(5-11(10)17)12-4-2-9(22-12)6-13-14(21)20-15(23-13)18-7-19-20/h1-7H. The lowest BCUT2D eigenvalue weighted by atomic mass is 10.2. The molecule has 0 radical (unpaired) electrons. The molecule has 23 heavy (non-hydrogen) atoms. The van der Waals surface area contributed by atoms with Crippen molar-refractivity contribution in [3.8, 4) is 11.3 Å². The predicted octanol–water partition coefficient (Wildman–Crippen LogP) is 3.27. The number of benzene rings is 1. The highest BCUT2D eigenvalue weighted by Gasteiger charge is 2.08. The molecule has 0 saturated carbocycles. The van der Waals surface area contributed by atoms with Crippen LogP contribution >= 0.6 is 34.5 Å². The molecule has 114 valence electrons. The summed E-state index contributed by atoms with van der Waals surface area (Å²) in [4.78, 5) is 16.7. The normalized spacial score (nSPS) is 12.3. The van der Waals surface area contributed by atoms with E-state index in [1.807, 2.05) is 12.1 Å². The SMILES string of the molecule is O=c1c(=Cc2ccc(-c3ccc(Cl)c(Cl)c3)o2)sc2ncnn12. The molecule has 0 bridgehead atoms. The molecule has 0 amide bonds. The largest absolute Gasteiger partial charge is 0.457 e. The van der Waals surface area contributed by atoms with Gasteiger partial charge in [0, 0.05) is 11.6 Å². The van der Waals surface area contributed by atoms with Gasteiger partial charge in [-0.15, -0.1) is 0 Å². The van der Waals surface area contributed by atoms with E-state index in [2.05, 4.69) is 10.1 Å². The summed E-state index contributed by atoms with van der Waals surface area (Å²) in [6, 6.07) is 8.86. The molecule has 3 aromatic heterocycles. The van der Waals surface area contributed by atoms with Crippen molar-refractivity contribution in [3.63, 3.8) is 0 Å². The zero-order valence-electron chi connectivity index (χ0n) is 11.4. The predicted molar refractivity (Wildman–Crippen MR) is 90.1 cm³/mol. The van der Waals surface area contributed by atoms with Gasteiger partial charge in [-0.3, -0.25) is 4.79 Å². The van der Waals surface area contributed by atoms with E-state index in [0.29, 0.717) is 31.1 Å². The Morgan fingerprint density at radius 3 is 2.83 bits per heavy atom. The Bertz CT molecular complexity index is 1130. The second-order valence-corrected chi connectivity index (χ2v) is 6.52. The van der Waals surface area contributed by atoms with Crippen molar-refractivity contribution in [3.05, 3.63) is 67.4 Å². The number of thiazole rings is 1. The molecule has 0 aliphatic carbocycles. The molecule has 5 nitrogen and oxygen atoms in total. The maximum atomic E-state index is 12.1. The fourth-order valence-electron chi connectivity index (χ4n) is 2.14. The Balaban J connectivity index is 1.77. The van der Waals surface area contributed by atoms with Gasteiger partial charge < -0.3 is 4.42 Å². The monoisotopic (exact) mass is 363 g/mol. The summed E-state index contributed by atoms with van der Waals surface area (Å²) in [5.41, 5.74) is 0.596. The van der Waals surface area contributed by atoms with Crippen molar-refractivity contribution in [2.75, 3.05) is 0 Å². The Morgan fingerprint density at radius 2 is 2.04 bits per heavy atom. The van der Waals surface area contributed by atoms with E-state index >= 15 is 0 Å². The van der Waals surface area contributed by atoms with Crippen LogP contribution in [0.1, 0.15) is 5.76 Å². The quantitative estimate of drug-likeness (QED) is 0.548. The van der Waals surface area contributed by atoms with Gasteiger partial charge in [0.2, 0.25) is 4.96 Å². The topological polar surface area (TPSA) is 60.4 Å². The number of aromatic nitrogens is 3. The lowest BCUT2D eigenvalue weighted by Crippen LogP contribution is -2.23. The Kier molecular flexibility index (Phi) is 3.45. The second kappa shape index (κ2) is 5.49. The molecule has 0 aliphatic heterocycles. The van der Waals surface area contributed by atoms with Crippen LogP contribution in [-0.4, -0.2) is 14.6 Å². The first-order valence-electron chi connectivity index (χ1n) is 6.51. The first-order valence-corrected chi connectivity index (χ1v) is 8.08. The van der Waals surface area contributed by atoms with Gasteiger partial charge in [0.15, 0.2) is 0 Å². The maximum absolute atomic E-state index is 12.1. The number of furan rings is 1. The van der Waals surface area contributed by atoms with Gasteiger partial charge >= 0.3 is 0 Å². The molecule has 3 heterocycles. The van der Waals surface area contributed by atoms with Crippen molar-refractivity contribution < 1.29 is 4.42 Å². The molecule has 0 N–H and O–H groups in total. The minimum absolute atomic E-state index is 0.213. The van der Waals surface area contributed by atoms with Gasteiger partial charge in [0.05, 0.1) is 10.0 Å². The van der Waals surface area contributed by atoms with E-state index in [1.54, 1.807) is 24.3 Å². The summed E-state index contributed by atoms with van der Waals surface area (Å²) < 4.78 is 7.53. The molecule has 0 atom stereocenters. The molecule has 0 unspecified atom stereocenters. The van der Waals surface area contributed by atoms with Crippen molar-refractivity contribution in [2.24, 2.45) is 0 Å². The Morgan fingerprint density at radius 1 is 1.17 bits per heavy atom. The summed E-state index contributed by atoms with van der Waals surface area (Å²) in [6.45, 7) is 0. The van der Waals surface area contributed by atoms with Crippen LogP contribution in [0.4, 0.5) is 0 Å². The molecule has 1 aromatic carbocycles. The third kappa shape index (κ3) is 2.55. The van der Waals surface area contributed by atoms with Crippen LogP contribution in [0, 0.1) is 0 Å². The lowest BCUT2D eigenvalue weighted by molar-refractivity contribution is 0.571.